The van der Waals surface area contributed by atoms with Gasteiger partial charge in [0.05, 0.1) is 0 Å². The lowest BCUT2D eigenvalue weighted by Gasteiger charge is -2.36. The van der Waals surface area contributed by atoms with Crippen LogP contribution in [0.15, 0.2) is 18.2 Å². The van der Waals surface area contributed by atoms with Gasteiger partial charge in [0.25, 0.3) is 0 Å². The number of primary amides is 1. The second-order valence-corrected chi connectivity index (χ2v) is 7.17. The van der Waals surface area contributed by atoms with Crippen molar-refractivity contribution in [1.82, 2.24) is 4.90 Å². The van der Waals surface area contributed by atoms with E-state index in [2.05, 4.69) is 0 Å². The number of rotatable bonds is 4. The maximum Gasteiger partial charge on any atom is 0.249 e. The molecule has 1 saturated heterocycles. The van der Waals surface area contributed by atoms with Gasteiger partial charge in [-0.3, -0.25) is 14.4 Å². The van der Waals surface area contributed by atoms with E-state index >= 15 is 0 Å². The molecule has 0 spiro atoms. The highest BCUT2D eigenvalue weighted by Gasteiger charge is 2.33. The Bertz CT molecular complexity index is 708. The Morgan fingerprint density at radius 1 is 1.15 bits per heavy atom. The number of carbonyl (C=O) groups is 3. The zero-order chi connectivity index (χ0) is 18.7. The molecule has 0 atom stereocenters. The van der Waals surface area contributed by atoms with Crippen LogP contribution in [0.4, 0.5) is 5.69 Å². The largest absolute Gasteiger partial charge is 0.366 e. The van der Waals surface area contributed by atoms with E-state index in [0.717, 1.165) is 30.5 Å². The molecule has 1 aromatic rings. The quantitative estimate of drug-likeness (QED) is 0.896. The molecule has 2 aliphatic rings. The number of benzene rings is 1. The lowest BCUT2D eigenvalue weighted by Crippen LogP contribution is -2.46. The van der Waals surface area contributed by atoms with Crippen LogP contribution in [0.5, 0.6) is 0 Å². The van der Waals surface area contributed by atoms with E-state index < -0.39 is 5.91 Å². The van der Waals surface area contributed by atoms with Gasteiger partial charge in [0, 0.05) is 43.2 Å². The summed E-state index contributed by atoms with van der Waals surface area (Å²) in [5.41, 5.74) is 7.71. The third-order valence-corrected chi connectivity index (χ3v) is 5.44. The number of nitrogens with zero attached hydrogens (tertiary/aromatic N) is 2. The van der Waals surface area contributed by atoms with Crippen LogP contribution in [-0.2, 0) is 16.0 Å². The normalized spacial score (nSPS) is 17.7. The number of nitrogens with two attached hydrogens (primary N) is 1. The highest BCUT2D eigenvalue weighted by Crippen LogP contribution is 2.32. The topological polar surface area (TPSA) is 83.7 Å². The first-order valence-electron chi connectivity index (χ1n) is 9.53. The van der Waals surface area contributed by atoms with Crippen LogP contribution in [0.1, 0.15) is 54.9 Å². The van der Waals surface area contributed by atoms with E-state index in [1.54, 1.807) is 12.1 Å². The summed E-state index contributed by atoms with van der Waals surface area (Å²) in [6.07, 6.45) is 4.43. The van der Waals surface area contributed by atoms with E-state index in [-0.39, 0.29) is 17.7 Å². The molecular weight excluding hydrogens is 330 g/mol. The minimum absolute atomic E-state index is 0.0659. The summed E-state index contributed by atoms with van der Waals surface area (Å²) in [5.74, 6) is -0.217. The van der Waals surface area contributed by atoms with E-state index in [0.29, 0.717) is 44.5 Å². The first-order valence-corrected chi connectivity index (χ1v) is 9.53. The minimum atomic E-state index is -0.445. The van der Waals surface area contributed by atoms with Crippen molar-refractivity contribution in [1.29, 1.82) is 0 Å². The Kier molecular flexibility index (Phi) is 5.59. The predicted molar refractivity (Wildman–Crippen MR) is 99.8 cm³/mol. The maximum absolute atomic E-state index is 13.1. The van der Waals surface area contributed by atoms with Crippen LogP contribution in [0, 0.1) is 5.92 Å². The zero-order valence-electron chi connectivity index (χ0n) is 15.4. The van der Waals surface area contributed by atoms with Crippen molar-refractivity contribution >= 4 is 23.4 Å². The van der Waals surface area contributed by atoms with Crippen LogP contribution in [0.2, 0.25) is 0 Å². The number of carbonyl (C=O) groups excluding carboxylic acids is 3. The number of anilines is 1. The van der Waals surface area contributed by atoms with Crippen molar-refractivity contribution in [3.05, 3.63) is 29.3 Å². The molecule has 0 saturated carbocycles. The first-order chi connectivity index (χ1) is 12.5. The molecule has 0 radical (unpaired) electrons. The lowest BCUT2D eigenvalue weighted by molar-refractivity contribution is -0.135. The summed E-state index contributed by atoms with van der Waals surface area (Å²) in [6, 6.07) is 5.42. The molecule has 0 unspecified atom stereocenters. The van der Waals surface area contributed by atoms with Gasteiger partial charge in [0.2, 0.25) is 17.7 Å². The highest BCUT2D eigenvalue weighted by molar-refractivity contribution is 6.01. The Hall–Kier alpha value is -2.37. The number of fused-ring (bicyclic) bond motifs is 1. The van der Waals surface area contributed by atoms with Gasteiger partial charge in [-0.1, -0.05) is 13.0 Å². The fourth-order valence-electron chi connectivity index (χ4n) is 4.05. The average Bonchev–Trinajstić information content (AvgIpc) is 2.66. The Morgan fingerprint density at radius 2 is 1.88 bits per heavy atom. The van der Waals surface area contributed by atoms with E-state index in [1.165, 1.54) is 0 Å². The third-order valence-electron chi connectivity index (χ3n) is 5.44. The summed E-state index contributed by atoms with van der Waals surface area (Å²) in [5, 5.41) is 0. The molecule has 140 valence electrons. The van der Waals surface area contributed by atoms with E-state index in [9.17, 15) is 14.4 Å². The molecule has 3 amide bonds. The van der Waals surface area contributed by atoms with Crippen LogP contribution in [-0.4, -0.2) is 42.3 Å². The Labute approximate surface area is 154 Å². The number of piperidine rings is 1. The summed E-state index contributed by atoms with van der Waals surface area (Å²) in [4.78, 5) is 40.5. The van der Waals surface area contributed by atoms with Crippen molar-refractivity contribution < 1.29 is 14.4 Å². The van der Waals surface area contributed by atoms with Gasteiger partial charge in [-0.15, -0.1) is 0 Å². The standard InChI is InChI=1S/C20H27N3O3/c1-2-5-18(24)22-12-9-14(10-13-22)20(26)23-11-4-7-15-16(19(21)25)6-3-8-17(15)23/h3,6,8,14H,2,4-5,7,9-13H2,1H3,(H2,21,25). The summed E-state index contributed by atoms with van der Waals surface area (Å²) in [6.45, 7) is 3.97. The summed E-state index contributed by atoms with van der Waals surface area (Å²) < 4.78 is 0. The Morgan fingerprint density at radius 3 is 2.54 bits per heavy atom. The minimum Gasteiger partial charge on any atom is -0.366 e. The number of hydrogen-bond donors (Lipinski definition) is 1. The Balaban J connectivity index is 1.72. The second kappa shape index (κ2) is 7.89. The molecule has 1 aromatic carbocycles. The molecule has 1 fully saturated rings. The van der Waals surface area contributed by atoms with Gasteiger partial charge in [-0.2, -0.15) is 0 Å². The number of hydrogen-bond acceptors (Lipinski definition) is 3. The van der Waals surface area contributed by atoms with Crippen molar-refractivity contribution in [3.63, 3.8) is 0 Å². The summed E-state index contributed by atoms with van der Waals surface area (Å²) in [7, 11) is 0. The SMILES string of the molecule is CCCC(=O)N1CCC(C(=O)N2CCCc3c(C(N)=O)cccc32)CC1. The van der Waals surface area contributed by atoms with E-state index in [1.807, 2.05) is 22.8 Å². The van der Waals surface area contributed by atoms with Crippen molar-refractivity contribution in [2.75, 3.05) is 24.5 Å². The zero-order valence-corrected chi connectivity index (χ0v) is 15.4. The molecule has 2 aliphatic heterocycles. The van der Waals surface area contributed by atoms with Gasteiger partial charge < -0.3 is 15.5 Å². The maximum atomic E-state index is 13.1. The monoisotopic (exact) mass is 357 g/mol. The van der Waals surface area contributed by atoms with Crippen molar-refractivity contribution in [3.8, 4) is 0 Å². The van der Waals surface area contributed by atoms with Crippen molar-refractivity contribution in [2.24, 2.45) is 11.7 Å². The molecule has 6 heteroatoms. The highest BCUT2D eigenvalue weighted by atomic mass is 16.2. The van der Waals surface area contributed by atoms with E-state index in [4.69, 9.17) is 5.73 Å². The molecule has 26 heavy (non-hydrogen) atoms. The number of likely N-dealkylation sites (tertiary alicyclic amines) is 1. The van der Waals surface area contributed by atoms with Gasteiger partial charge in [0.15, 0.2) is 0 Å². The summed E-state index contributed by atoms with van der Waals surface area (Å²) >= 11 is 0. The first kappa shape index (κ1) is 18.4. The van der Waals surface area contributed by atoms with Gasteiger partial charge in [-0.05, 0) is 49.8 Å². The van der Waals surface area contributed by atoms with Crippen LogP contribution < -0.4 is 10.6 Å². The molecule has 0 aliphatic carbocycles. The van der Waals surface area contributed by atoms with Gasteiger partial charge in [-0.25, -0.2) is 0 Å². The third kappa shape index (κ3) is 3.59. The lowest BCUT2D eigenvalue weighted by atomic mass is 9.91. The smallest absolute Gasteiger partial charge is 0.249 e. The molecule has 2 N–H and O–H groups in total. The number of amides is 3. The molecule has 2 heterocycles. The van der Waals surface area contributed by atoms with Gasteiger partial charge >= 0.3 is 0 Å². The second-order valence-electron chi connectivity index (χ2n) is 7.17. The molecule has 0 aromatic heterocycles. The molecule has 0 bridgehead atoms. The van der Waals surface area contributed by atoms with Crippen molar-refractivity contribution in [2.45, 2.75) is 45.4 Å². The average molecular weight is 357 g/mol. The molecular formula is C20H27N3O3. The van der Waals surface area contributed by atoms with Crippen LogP contribution >= 0.6 is 0 Å². The molecule has 3 rings (SSSR count). The molecule has 6 nitrogen and oxygen atoms in total. The van der Waals surface area contributed by atoms with Crippen LogP contribution in [0.3, 0.4) is 0 Å². The fraction of sp³-hybridized carbons (Fsp3) is 0.550. The van der Waals surface area contributed by atoms with Crippen LogP contribution in [0.25, 0.3) is 0 Å². The fourth-order valence-corrected chi connectivity index (χ4v) is 4.05. The van der Waals surface area contributed by atoms with Gasteiger partial charge in [0.1, 0.15) is 0 Å². The predicted octanol–water partition coefficient (Wildman–Crippen LogP) is 2.10.